The number of unbranched alkanes of at least 4 members (excludes halogenated alkanes) is 21. The molecule has 4 aromatic rings. The van der Waals surface area contributed by atoms with Crippen molar-refractivity contribution in [3.05, 3.63) is 60.2 Å². The molecule has 1 N–H and O–H groups in total. The molecule has 0 saturated heterocycles. The normalized spacial score (nSPS) is 12.5. The first-order valence-corrected chi connectivity index (χ1v) is 24.0. The minimum absolute atomic E-state index is 0.0388. The van der Waals surface area contributed by atoms with Gasteiger partial charge >= 0.3 is 0 Å². The largest absolute Gasteiger partial charge is 0.394 e. The lowest BCUT2D eigenvalue weighted by molar-refractivity contribution is -0.0698. The van der Waals surface area contributed by atoms with Crippen molar-refractivity contribution in [2.75, 3.05) is 66.1 Å². The van der Waals surface area contributed by atoms with Crippen LogP contribution in [-0.2, 0) is 30.1 Å². The van der Waals surface area contributed by atoms with Crippen LogP contribution in [0.2, 0.25) is 0 Å². The number of aliphatic hydroxyl groups excluding tert-OH is 1. The van der Waals surface area contributed by atoms with Crippen molar-refractivity contribution in [1.29, 1.82) is 0 Å². The Morgan fingerprint density at radius 1 is 0.414 bits per heavy atom. The van der Waals surface area contributed by atoms with Gasteiger partial charge in [0.2, 0.25) is 0 Å². The highest BCUT2D eigenvalue weighted by Gasteiger charge is 2.12. The van der Waals surface area contributed by atoms with E-state index in [1.165, 1.54) is 173 Å². The summed E-state index contributed by atoms with van der Waals surface area (Å²) in [6.45, 7) is 7.38. The van der Waals surface area contributed by atoms with Crippen LogP contribution in [0.4, 0.5) is 0 Å². The molecule has 1 atom stereocenters. The summed E-state index contributed by atoms with van der Waals surface area (Å²) in [7, 11) is 0. The first kappa shape index (κ1) is 48.3. The lowest BCUT2D eigenvalue weighted by Crippen LogP contribution is -2.27. The van der Waals surface area contributed by atoms with E-state index in [2.05, 4.69) is 61.5 Å². The second-order valence-corrected chi connectivity index (χ2v) is 16.7. The van der Waals surface area contributed by atoms with Crippen molar-refractivity contribution in [3.63, 3.8) is 0 Å². The molecule has 58 heavy (non-hydrogen) atoms. The molecular formula is C52H82O6. The smallest absolute Gasteiger partial charge is 0.104 e. The van der Waals surface area contributed by atoms with Gasteiger partial charge in [0, 0.05) is 13.2 Å². The van der Waals surface area contributed by atoms with Crippen LogP contribution in [0.5, 0.6) is 0 Å². The quantitative estimate of drug-likeness (QED) is 0.0357. The van der Waals surface area contributed by atoms with E-state index in [1.807, 2.05) is 0 Å². The van der Waals surface area contributed by atoms with Gasteiger partial charge in [-0.3, -0.25) is 0 Å². The number of rotatable bonds is 40. The Morgan fingerprint density at radius 2 is 0.862 bits per heavy atom. The Hall–Kier alpha value is -2.32. The molecule has 326 valence electrons. The summed E-state index contributed by atoms with van der Waals surface area (Å²) in [6.07, 6.45) is 31.8. The second kappa shape index (κ2) is 32.5. The molecule has 0 radical (unpaired) electrons. The van der Waals surface area contributed by atoms with E-state index in [0.717, 1.165) is 32.5 Å². The maximum atomic E-state index is 8.81. The zero-order valence-electron chi connectivity index (χ0n) is 36.8. The molecule has 0 amide bonds. The van der Waals surface area contributed by atoms with Crippen LogP contribution in [0.3, 0.4) is 0 Å². The molecule has 0 aliphatic heterocycles. The molecule has 0 fully saturated rings. The third-order valence-electron chi connectivity index (χ3n) is 11.8. The molecule has 6 nitrogen and oxygen atoms in total. The predicted octanol–water partition coefficient (Wildman–Crippen LogP) is 13.6. The van der Waals surface area contributed by atoms with E-state index < -0.39 is 0 Å². The Kier molecular flexibility index (Phi) is 27.1. The van der Waals surface area contributed by atoms with Gasteiger partial charge in [0.25, 0.3) is 0 Å². The fourth-order valence-electron chi connectivity index (χ4n) is 8.40. The Labute approximate surface area is 353 Å². The molecule has 6 heteroatoms. The molecule has 4 aromatic carbocycles. The van der Waals surface area contributed by atoms with Crippen LogP contribution in [0, 0.1) is 0 Å². The van der Waals surface area contributed by atoms with Crippen molar-refractivity contribution < 1.29 is 28.8 Å². The number of benzene rings is 4. The molecule has 0 spiro atoms. The molecule has 0 bridgehead atoms. The summed E-state index contributed by atoms with van der Waals surface area (Å²) in [6, 6.07) is 20.5. The Morgan fingerprint density at radius 3 is 1.45 bits per heavy atom. The molecule has 0 saturated carbocycles. The number of hydrogen-bond donors (Lipinski definition) is 1. The number of hydrogen-bond acceptors (Lipinski definition) is 6. The first-order chi connectivity index (χ1) is 28.8. The summed E-state index contributed by atoms with van der Waals surface area (Å²) in [5.41, 5.74) is 1.49. The summed E-state index contributed by atoms with van der Waals surface area (Å²) in [4.78, 5) is 0. The lowest BCUT2D eigenvalue weighted by Gasteiger charge is -2.18. The number of aryl methyl sites for hydroxylation is 1. The van der Waals surface area contributed by atoms with Gasteiger partial charge in [0.1, 0.15) is 6.10 Å². The van der Waals surface area contributed by atoms with Gasteiger partial charge in [-0.1, -0.05) is 190 Å². The number of aliphatic hydroxyl groups is 1. The van der Waals surface area contributed by atoms with E-state index >= 15 is 0 Å². The van der Waals surface area contributed by atoms with E-state index in [1.54, 1.807) is 0 Å². The third-order valence-corrected chi connectivity index (χ3v) is 11.8. The third kappa shape index (κ3) is 19.8. The van der Waals surface area contributed by atoms with Crippen molar-refractivity contribution in [1.82, 2.24) is 0 Å². The SMILES string of the molecule is CCCCCCCCCCCCCCCCCCOCC(COCCOCCOCCO)OCCCCCCCCCc1ccc2ccc3cccc4ccc1c2c34. The zero-order chi connectivity index (χ0) is 40.6. The number of ether oxygens (including phenoxy) is 5. The van der Waals surface area contributed by atoms with Crippen LogP contribution in [0.1, 0.15) is 160 Å². The highest BCUT2D eigenvalue weighted by molar-refractivity contribution is 6.23. The minimum Gasteiger partial charge on any atom is -0.394 e. The van der Waals surface area contributed by atoms with Crippen molar-refractivity contribution in [2.24, 2.45) is 0 Å². The van der Waals surface area contributed by atoms with Crippen LogP contribution < -0.4 is 0 Å². The van der Waals surface area contributed by atoms with Crippen molar-refractivity contribution in [2.45, 2.75) is 167 Å². The average molecular weight is 803 g/mol. The highest BCUT2D eigenvalue weighted by Crippen LogP contribution is 2.36. The minimum atomic E-state index is -0.0475. The molecule has 0 aliphatic carbocycles. The van der Waals surface area contributed by atoms with Gasteiger partial charge in [-0.15, -0.1) is 0 Å². The van der Waals surface area contributed by atoms with Crippen LogP contribution in [-0.4, -0.2) is 77.3 Å². The Balaban J connectivity index is 1.00. The lowest BCUT2D eigenvalue weighted by atomic mass is 9.90. The second-order valence-electron chi connectivity index (χ2n) is 16.7. The molecule has 0 heterocycles. The van der Waals surface area contributed by atoms with Crippen molar-refractivity contribution in [3.8, 4) is 0 Å². The van der Waals surface area contributed by atoms with Crippen molar-refractivity contribution >= 4 is 32.3 Å². The summed E-state index contributed by atoms with van der Waals surface area (Å²) >= 11 is 0. The van der Waals surface area contributed by atoms with Gasteiger partial charge in [-0.25, -0.2) is 0 Å². The van der Waals surface area contributed by atoms with Crippen LogP contribution >= 0.6 is 0 Å². The average Bonchev–Trinajstić information content (AvgIpc) is 3.25. The van der Waals surface area contributed by atoms with Crippen LogP contribution in [0.25, 0.3) is 32.3 Å². The highest BCUT2D eigenvalue weighted by atomic mass is 16.6. The standard InChI is InChI=1S/C52H82O6/c1-2-3-4-5-6-7-8-9-10-11-12-13-14-17-20-23-36-56-43-49(44-57-42-41-55-40-39-54-38-35-53)58-37-24-21-18-15-16-19-22-26-45-29-30-48-32-31-46-27-25-28-47-33-34-50(45)52(48)51(46)47/h25,27-34,49,53H,2-24,26,35-44H2,1H3. The maximum absolute atomic E-state index is 8.81. The Bertz CT molecular complexity index is 1520. The monoisotopic (exact) mass is 803 g/mol. The fourth-order valence-corrected chi connectivity index (χ4v) is 8.40. The van der Waals surface area contributed by atoms with Gasteiger partial charge in [-0.2, -0.15) is 0 Å². The van der Waals surface area contributed by atoms with Gasteiger partial charge < -0.3 is 28.8 Å². The first-order valence-electron chi connectivity index (χ1n) is 24.0. The fraction of sp³-hybridized carbons (Fsp3) is 0.692. The van der Waals surface area contributed by atoms with E-state index in [4.69, 9.17) is 28.8 Å². The molecular weight excluding hydrogens is 721 g/mol. The molecule has 0 aromatic heterocycles. The summed E-state index contributed by atoms with van der Waals surface area (Å²) < 4.78 is 29.1. The molecule has 0 aliphatic rings. The van der Waals surface area contributed by atoms with Gasteiger partial charge in [-0.05, 0) is 63.6 Å². The molecule has 1 unspecified atom stereocenters. The topological polar surface area (TPSA) is 66.4 Å². The predicted molar refractivity (Wildman–Crippen MR) is 246 cm³/mol. The summed E-state index contributed by atoms with van der Waals surface area (Å²) in [5.74, 6) is 0. The zero-order valence-corrected chi connectivity index (χ0v) is 36.8. The van der Waals surface area contributed by atoms with E-state index in [9.17, 15) is 0 Å². The summed E-state index contributed by atoms with van der Waals surface area (Å²) in [5, 5.41) is 17.2. The van der Waals surface area contributed by atoms with E-state index in [0.29, 0.717) is 46.2 Å². The van der Waals surface area contributed by atoms with E-state index in [-0.39, 0.29) is 12.7 Å². The van der Waals surface area contributed by atoms with Gasteiger partial charge in [0.05, 0.1) is 52.9 Å². The maximum Gasteiger partial charge on any atom is 0.104 e. The van der Waals surface area contributed by atoms with Gasteiger partial charge in [0.15, 0.2) is 0 Å². The van der Waals surface area contributed by atoms with Crippen LogP contribution in [0.15, 0.2) is 54.6 Å². The molecule has 4 rings (SSSR count).